The van der Waals surface area contributed by atoms with Gasteiger partial charge in [0, 0.05) is 12.6 Å². The maximum atomic E-state index is 12.9. The van der Waals surface area contributed by atoms with E-state index in [0.717, 1.165) is 32.1 Å². The average molecular weight is 303 g/mol. The normalized spacial score (nSPS) is 32.2. The third-order valence-corrected chi connectivity index (χ3v) is 7.17. The third-order valence-electron chi connectivity index (χ3n) is 4.71. The number of esters is 1. The SMILES string of the molecule is CCC1CCCCN1S(=O)(=O)C1CCCC1C(=O)OC. The van der Waals surface area contributed by atoms with E-state index in [9.17, 15) is 13.2 Å². The van der Waals surface area contributed by atoms with E-state index in [0.29, 0.717) is 19.4 Å². The molecule has 0 bridgehead atoms. The van der Waals surface area contributed by atoms with Crippen molar-refractivity contribution in [3.05, 3.63) is 0 Å². The van der Waals surface area contributed by atoms with Gasteiger partial charge in [0.05, 0.1) is 18.3 Å². The molecule has 1 saturated heterocycles. The predicted octanol–water partition coefficient (Wildman–Crippen LogP) is 1.92. The summed E-state index contributed by atoms with van der Waals surface area (Å²) in [6.07, 6.45) is 5.78. The molecule has 2 fully saturated rings. The molecule has 1 heterocycles. The van der Waals surface area contributed by atoms with Crippen molar-refractivity contribution >= 4 is 16.0 Å². The zero-order valence-corrected chi connectivity index (χ0v) is 13.2. The maximum Gasteiger partial charge on any atom is 0.310 e. The quantitative estimate of drug-likeness (QED) is 0.744. The molecule has 2 aliphatic rings. The van der Waals surface area contributed by atoms with Crippen LogP contribution in [0.25, 0.3) is 0 Å². The molecule has 116 valence electrons. The van der Waals surface area contributed by atoms with Crippen LogP contribution >= 0.6 is 0 Å². The van der Waals surface area contributed by atoms with Crippen molar-refractivity contribution < 1.29 is 17.9 Å². The van der Waals surface area contributed by atoms with E-state index in [1.807, 2.05) is 6.92 Å². The lowest BCUT2D eigenvalue weighted by atomic mass is 10.0. The van der Waals surface area contributed by atoms with Crippen molar-refractivity contribution in [3.63, 3.8) is 0 Å². The van der Waals surface area contributed by atoms with Crippen LogP contribution in [0.15, 0.2) is 0 Å². The molecule has 1 aliphatic carbocycles. The Balaban J connectivity index is 2.22. The lowest BCUT2D eigenvalue weighted by Gasteiger charge is -2.36. The number of piperidine rings is 1. The third kappa shape index (κ3) is 2.86. The molecule has 1 saturated carbocycles. The van der Waals surface area contributed by atoms with Crippen LogP contribution in [0.3, 0.4) is 0 Å². The first-order valence-corrected chi connectivity index (χ1v) is 9.11. The van der Waals surface area contributed by atoms with Crippen molar-refractivity contribution in [3.8, 4) is 0 Å². The van der Waals surface area contributed by atoms with Crippen molar-refractivity contribution in [2.45, 2.75) is 63.2 Å². The van der Waals surface area contributed by atoms with E-state index < -0.39 is 21.2 Å². The maximum absolute atomic E-state index is 12.9. The predicted molar refractivity (Wildman–Crippen MR) is 76.7 cm³/mol. The number of hydrogen-bond donors (Lipinski definition) is 0. The Labute approximate surface area is 121 Å². The van der Waals surface area contributed by atoms with E-state index >= 15 is 0 Å². The summed E-state index contributed by atoms with van der Waals surface area (Å²) in [5.74, 6) is -0.856. The molecule has 6 heteroatoms. The summed E-state index contributed by atoms with van der Waals surface area (Å²) in [5.41, 5.74) is 0. The van der Waals surface area contributed by atoms with Crippen LogP contribution in [0.4, 0.5) is 0 Å². The van der Waals surface area contributed by atoms with Gasteiger partial charge in [-0.3, -0.25) is 4.79 Å². The van der Waals surface area contributed by atoms with E-state index in [-0.39, 0.29) is 12.0 Å². The van der Waals surface area contributed by atoms with Crippen LogP contribution in [0.5, 0.6) is 0 Å². The van der Waals surface area contributed by atoms with Gasteiger partial charge in [0.2, 0.25) is 10.0 Å². The molecule has 5 nitrogen and oxygen atoms in total. The number of methoxy groups -OCH3 is 1. The lowest BCUT2D eigenvalue weighted by molar-refractivity contribution is -0.145. The standard InChI is InChI=1S/C14H25NO4S/c1-3-11-7-4-5-10-15(11)20(17,18)13-9-6-8-12(13)14(16)19-2/h11-13H,3-10H2,1-2H3. The highest BCUT2D eigenvalue weighted by Crippen LogP contribution is 2.36. The minimum Gasteiger partial charge on any atom is -0.469 e. The molecule has 20 heavy (non-hydrogen) atoms. The Kier molecular flexibility index (Phi) is 5.07. The van der Waals surface area contributed by atoms with Crippen molar-refractivity contribution in [2.24, 2.45) is 5.92 Å². The number of rotatable bonds is 4. The second kappa shape index (κ2) is 6.43. The molecule has 3 unspecified atom stereocenters. The second-order valence-electron chi connectivity index (χ2n) is 5.81. The number of sulfonamides is 1. The fourth-order valence-electron chi connectivity index (χ4n) is 3.59. The minimum absolute atomic E-state index is 0.104. The van der Waals surface area contributed by atoms with Crippen LogP contribution < -0.4 is 0 Å². The molecule has 1 aliphatic heterocycles. The van der Waals surface area contributed by atoms with Gasteiger partial charge in [-0.25, -0.2) is 8.42 Å². The average Bonchev–Trinajstić information content (AvgIpc) is 2.96. The van der Waals surface area contributed by atoms with Crippen molar-refractivity contribution in [2.75, 3.05) is 13.7 Å². The molecule has 0 amide bonds. The summed E-state index contributed by atoms with van der Waals surface area (Å²) in [6.45, 7) is 2.64. The molecule has 0 aromatic heterocycles. The van der Waals surface area contributed by atoms with E-state index in [1.54, 1.807) is 4.31 Å². The topological polar surface area (TPSA) is 63.7 Å². The van der Waals surface area contributed by atoms with Crippen molar-refractivity contribution in [1.29, 1.82) is 0 Å². The summed E-state index contributed by atoms with van der Waals surface area (Å²) < 4.78 is 32.3. The van der Waals surface area contributed by atoms with Crippen LogP contribution in [0.1, 0.15) is 51.9 Å². The number of hydrogen-bond acceptors (Lipinski definition) is 4. The molecule has 0 N–H and O–H groups in total. The molecular weight excluding hydrogens is 278 g/mol. The fourth-order valence-corrected chi connectivity index (χ4v) is 6.12. The van der Waals surface area contributed by atoms with Crippen LogP contribution in [-0.4, -0.2) is 43.6 Å². The van der Waals surface area contributed by atoms with Crippen LogP contribution in [0, 0.1) is 5.92 Å². The van der Waals surface area contributed by atoms with Gasteiger partial charge in [-0.05, 0) is 32.1 Å². The summed E-state index contributed by atoms with van der Waals surface area (Å²) in [5, 5.41) is -0.581. The first kappa shape index (κ1) is 15.8. The molecular formula is C14H25NO4S. The Hall–Kier alpha value is -0.620. The number of ether oxygens (including phenoxy) is 1. The van der Waals surface area contributed by atoms with E-state index in [1.165, 1.54) is 7.11 Å². The van der Waals surface area contributed by atoms with Gasteiger partial charge in [0.1, 0.15) is 0 Å². The summed E-state index contributed by atoms with van der Waals surface area (Å²) in [6, 6.07) is 0.104. The first-order chi connectivity index (χ1) is 9.52. The van der Waals surface area contributed by atoms with Crippen LogP contribution in [-0.2, 0) is 19.6 Å². The summed E-state index contributed by atoms with van der Waals surface area (Å²) in [4.78, 5) is 11.8. The van der Waals surface area contributed by atoms with Gasteiger partial charge in [0.25, 0.3) is 0 Å². The van der Waals surface area contributed by atoms with Gasteiger partial charge in [0.15, 0.2) is 0 Å². The molecule has 0 aromatic carbocycles. The summed E-state index contributed by atoms with van der Waals surface area (Å²) in [7, 11) is -2.06. The van der Waals surface area contributed by atoms with Gasteiger partial charge in [-0.2, -0.15) is 4.31 Å². The Bertz CT molecular complexity index is 448. The zero-order chi connectivity index (χ0) is 14.8. The van der Waals surface area contributed by atoms with Gasteiger partial charge in [-0.15, -0.1) is 0 Å². The Morgan fingerprint density at radius 3 is 2.60 bits per heavy atom. The van der Waals surface area contributed by atoms with Gasteiger partial charge >= 0.3 is 5.97 Å². The molecule has 0 aromatic rings. The monoisotopic (exact) mass is 303 g/mol. The van der Waals surface area contributed by atoms with E-state index in [2.05, 4.69) is 0 Å². The molecule has 0 radical (unpaired) electrons. The largest absolute Gasteiger partial charge is 0.469 e. The lowest BCUT2D eigenvalue weighted by Crippen LogP contribution is -2.49. The van der Waals surface area contributed by atoms with Gasteiger partial charge in [-0.1, -0.05) is 19.8 Å². The summed E-state index contributed by atoms with van der Waals surface area (Å²) >= 11 is 0. The second-order valence-corrected chi connectivity index (χ2v) is 7.92. The number of nitrogens with zero attached hydrogens (tertiary/aromatic N) is 1. The van der Waals surface area contributed by atoms with Gasteiger partial charge < -0.3 is 4.74 Å². The van der Waals surface area contributed by atoms with Crippen molar-refractivity contribution in [1.82, 2.24) is 4.31 Å². The highest BCUT2D eigenvalue weighted by Gasteiger charge is 2.46. The molecule has 2 rings (SSSR count). The minimum atomic E-state index is -3.39. The van der Waals surface area contributed by atoms with E-state index in [4.69, 9.17) is 4.74 Å². The first-order valence-electron chi connectivity index (χ1n) is 7.60. The van der Waals surface area contributed by atoms with Crippen LogP contribution in [0.2, 0.25) is 0 Å². The zero-order valence-electron chi connectivity index (χ0n) is 12.4. The highest BCUT2D eigenvalue weighted by atomic mass is 32.2. The number of carbonyl (C=O) groups is 1. The Morgan fingerprint density at radius 2 is 1.95 bits per heavy atom. The fraction of sp³-hybridized carbons (Fsp3) is 0.929. The smallest absolute Gasteiger partial charge is 0.310 e. The highest BCUT2D eigenvalue weighted by molar-refractivity contribution is 7.89. The molecule has 0 spiro atoms. The Morgan fingerprint density at radius 1 is 1.20 bits per heavy atom. The molecule has 3 atom stereocenters. The number of carbonyl (C=O) groups excluding carboxylic acids is 1.